The van der Waals surface area contributed by atoms with E-state index in [0.29, 0.717) is 0 Å². The molecule has 1 radical (unpaired) electrons. The van der Waals surface area contributed by atoms with Gasteiger partial charge in [-0.25, -0.2) is 0 Å². The zero-order chi connectivity index (χ0) is 24.4. The number of hydrogen-bond donors (Lipinski definition) is 0. The minimum Gasteiger partial charge on any atom is -0.542 e. The molecule has 31 heavy (non-hydrogen) atoms. The van der Waals surface area contributed by atoms with E-state index in [0.717, 1.165) is 0 Å². The Bertz CT molecular complexity index is 613. The van der Waals surface area contributed by atoms with Crippen molar-refractivity contribution in [3.63, 3.8) is 0 Å². The molecule has 0 rings (SSSR count). The molecule has 0 aromatic rings. The summed E-state index contributed by atoms with van der Waals surface area (Å²) >= 11 is 0. The van der Waals surface area contributed by atoms with Crippen LogP contribution in [0.1, 0.15) is 59.3 Å². The fourth-order valence-corrected chi connectivity index (χ4v) is 1.17. The number of carbonyl (C=O) groups excluding carboxylic acids is 9. The standard InChI is InChI=1S/3C6H8O4.Fe/c3*1-4(7)2-3-5(8)6(9)10;/h3*2-3H2,1H3,(H,9,10);/q;;;+3/p-3. The Morgan fingerprint density at radius 1 is 0.419 bits per heavy atom. The van der Waals surface area contributed by atoms with Crippen LogP contribution in [-0.2, 0) is 60.2 Å². The van der Waals surface area contributed by atoms with Crippen LogP contribution in [0.5, 0.6) is 0 Å². The Balaban J connectivity index is -0.000000174. The maximum absolute atomic E-state index is 10.2. The Hall–Kier alpha value is -3.05. The van der Waals surface area contributed by atoms with E-state index in [4.69, 9.17) is 0 Å². The zero-order valence-electron chi connectivity index (χ0n) is 17.0. The molecule has 0 N–H and O–H groups in total. The second kappa shape index (κ2) is 20.2. The molecule has 0 aromatic heterocycles. The first-order valence-corrected chi connectivity index (χ1v) is 8.32. The van der Waals surface area contributed by atoms with E-state index >= 15 is 0 Å². The van der Waals surface area contributed by atoms with Crippen molar-refractivity contribution in [2.24, 2.45) is 0 Å². The Morgan fingerprint density at radius 3 is 0.677 bits per heavy atom. The largest absolute Gasteiger partial charge is 3.00 e. The van der Waals surface area contributed by atoms with E-state index in [-0.39, 0.29) is 72.9 Å². The van der Waals surface area contributed by atoms with Crippen molar-refractivity contribution in [3.05, 3.63) is 0 Å². The third-order valence-electron chi connectivity index (χ3n) is 2.80. The number of hydrogen-bond acceptors (Lipinski definition) is 12. The molecule has 0 aliphatic heterocycles. The van der Waals surface area contributed by atoms with Gasteiger partial charge in [-0.1, -0.05) is 0 Å². The van der Waals surface area contributed by atoms with E-state index in [1.54, 1.807) is 0 Å². The minimum absolute atomic E-state index is 0. The first-order chi connectivity index (χ1) is 13.6. The number of rotatable bonds is 12. The van der Waals surface area contributed by atoms with E-state index in [1.165, 1.54) is 20.8 Å². The molecule has 0 saturated heterocycles. The van der Waals surface area contributed by atoms with Crippen LogP contribution in [0, 0.1) is 0 Å². The molecular formula is C18H21FeO12. The van der Waals surface area contributed by atoms with Gasteiger partial charge in [0.25, 0.3) is 0 Å². The summed E-state index contributed by atoms with van der Waals surface area (Å²) in [5.74, 6) is -8.82. The Kier molecular flexibility index (Phi) is 23.1. The van der Waals surface area contributed by atoms with Gasteiger partial charge < -0.3 is 44.1 Å². The zero-order valence-corrected chi connectivity index (χ0v) is 18.1. The molecule has 12 nitrogen and oxygen atoms in total. The van der Waals surface area contributed by atoms with Crippen LogP contribution in [0.15, 0.2) is 0 Å². The second-order valence-corrected chi connectivity index (χ2v) is 5.74. The molecule has 0 spiro atoms. The van der Waals surface area contributed by atoms with Crippen molar-refractivity contribution in [2.75, 3.05) is 0 Å². The summed E-state index contributed by atoms with van der Waals surface area (Å²) in [6, 6.07) is 0. The molecule has 0 bridgehead atoms. The quantitative estimate of drug-likeness (QED) is 0.191. The summed E-state index contributed by atoms with van der Waals surface area (Å²) in [7, 11) is 0. The first-order valence-electron chi connectivity index (χ1n) is 8.32. The predicted octanol–water partition coefficient (Wildman–Crippen LogP) is -3.98. The molecule has 13 heteroatoms. The summed E-state index contributed by atoms with van der Waals surface area (Å²) in [6.45, 7) is 3.88. The monoisotopic (exact) mass is 485 g/mol. The molecule has 0 aliphatic carbocycles. The van der Waals surface area contributed by atoms with Gasteiger partial charge in [0.2, 0.25) is 0 Å². The number of Topliss-reactive ketones (excluding diaryl/α,β-unsaturated/α-hetero) is 6. The fraction of sp³-hybridized carbons (Fsp3) is 0.500. The molecule has 173 valence electrons. The molecule has 0 atom stereocenters. The number of ketones is 6. The summed E-state index contributed by atoms with van der Waals surface area (Å²) in [6.07, 6.45) is -0.820. The van der Waals surface area contributed by atoms with Gasteiger partial charge in [-0.3, -0.25) is 14.4 Å². The Morgan fingerprint density at radius 2 is 0.581 bits per heavy atom. The number of carboxylic acid groups (broad SMARTS) is 3. The molecule has 0 aliphatic rings. The maximum Gasteiger partial charge on any atom is 3.00 e. The van der Waals surface area contributed by atoms with Gasteiger partial charge in [0.05, 0.1) is 0 Å². The third kappa shape index (κ3) is 29.2. The van der Waals surface area contributed by atoms with Crippen molar-refractivity contribution in [2.45, 2.75) is 59.3 Å². The van der Waals surface area contributed by atoms with Crippen LogP contribution in [0.3, 0.4) is 0 Å². The van der Waals surface area contributed by atoms with Gasteiger partial charge in [-0.05, 0) is 20.8 Å². The third-order valence-corrected chi connectivity index (χ3v) is 2.80. The Labute approximate surface area is 187 Å². The van der Waals surface area contributed by atoms with Crippen LogP contribution in [-0.4, -0.2) is 52.6 Å². The average molecular weight is 485 g/mol. The van der Waals surface area contributed by atoms with Gasteiger partial charge in [0, 0.05) is 38.5 Å². The fourth-order valence-electron chi connectivity index (χ4n) is 1.17. The molecule has 0 saturated carbocycles. The van der Waals surface area contributed by atoms with Gasteiger partial charge in [0.1, 0.15) is 35.3 Å². The van der Waals surface area contributed by atoms with Gasteiger partial charge in [0.15, 0.2) is 17.3 Å². The van der Waals surface area contributed by atoms with E-state index in [2.05, 4.69) is 0 Å². The second-order valence-electron chi connectivity index (χ2n) is 5.74. The van der Waals surface area contributed by atoms with Crippen molar-refractivity contribution < 1.29 is 75.5 Å². The van der Waals surface area contributed by atoms with Gasteiger partial charge >= 0.3 is 17.1 Å². The SMILES string of the molecule is CC(=O)CCC(=O)C(=O)[O-].CC(=O)CCC(=O)C(=O)[O-].CC(=O)CCC(=O)C(=O)[O-].[Fe+3]. The van der Waals surface area contributed by atoms with Crippen LogP contribution < -0.4 is 15.3 Å². The van der Waals surface area contributed by atoms with Crippen LogP contribution in [0.4, 0.5) is 0 Å². The maximum atomic E-state index is 10.2. The molecule has 0 unspecified atom stereocenters. The molecular weight excluding hydrogens is 464 g/mol. The summed E-state index contributed by atoms with van der Waals surface area (Å²) < 4.78 is 0. The molecule has 0 heterocycles. The van der Waals surface area contributed by atoms with Crippen LogP contribution in [0.2, 0.25) is 0 Å². The molecule has 0 amide bonds. The van der Waals surface area contributed by atoms with E-state index in [9.17, 15) is 58.5 Å². The molecule has 0 fully saturated rings. The summed E-state index contributed by atoms with van der Waals surface area (Å²) in [5, 5.41) is 29.2. The predicted molar refractivity (Wildman–Crippen MR) is 89.8 cm³/mol. The minimum atomic E-state index is -1.72. The van der Waals surface area contributed by atoms with Crippen LogP contribution >= 0.6 is 0 Å². The molecule has 0 aromatic carbocycles. The summed E-state index contributed by atoms with van der Waals surface area (Å²) in [5.41, 5.74) is 0. The van der Waals surface area contributed by atoms with Crippen molar-refractivity contribution in [1.29, 1.82) is 0 Å². The smallest absolute Gasteiger partial charge is 0.542 e. The topological polar surface area (TPSA) is 223 Å². The van der Waals surface area contributed by atoms with E-state index < -0.39 is 35.3 Å². The van der Waals surface area contributed by atoms with Crippen molar-refractivity contribution in [1.82, 2.24) is 0 Å². The van der Waals surface area contributed by atoms with Crippen molar-refractivity contribution in [3.8, 4) is 0 Å². The van der Waals surface area contributed by atoms with Gasteiger partial charge in [-0.15, -0.1) is 0 Å². The van der Waals surface area contributed by atoms with Crippen molar-refractivity contribution >= 4 is 52.6 Å². The number of aliphatic carboxylic acids is 3. The van der Waals surface area contributed by atoms with Gasteiger partial charge in [-0.2, -0.15) is 0 Å². The normalized spacial score (nSPS) is 8.61. The summed E-state index contributed by atoms with van der Waals surface area (Å²) in [4.78, 5) is 90.5. The average Bonchev–Trinajstić information content (AvgIpc) is 2.62. The number of carbonyl (C=O) groups is 9. The first kappa shape index (κ1) is 35.4. The van der Waals surface area contributed by atoms with Crippen LogP contribution in [0.25, 0.3) is 0 Å². The van der Waals surface area contributed by atoms with E-state index in [1.807, 2.05) is 0 Å². The number of carboxylic acids is 3.